The van der Waals surface area contributed by atoms with E-state index in [1.54, 1.807) is 12.1 Å². The summed E-state index contributed by atoms with van der Waals surface area (Å²) in [4.78, 5) is 0. The zero-order valence-corrected chi connectivity index (χ0v) is 9.77. The van der Waals surface area contributed by atoms with E-state index in [1.165, 1.54) is 6.07 Å². The van der Waals surface area contributed by atoms with Gasteiger partial charge in [-0.3, -0.25) is 0 Å². The summed E-state index contributed by atoms with van der Waals surface area (Å²) in [5.74, 6) is 0.174. The van der Waals surface area contributed by atoms with E-state index in [0.29, 0.717) is 16.6 Å². The molecule has 1 heterocycles. The van der Waals surface area contributed by atoms with Gasteiger partial charge in [-0.15, -0.1) is 0 Å². The van der Waals surface area contributed by atoms with Gasteiger partial charge >= 0.3 is 0 Å². The highest BCUT2D eigenvalue weighted by Gasteiger charge is 2.14. The second-order valence-electron chi connectivity index (χ2n) is 4.09. The minimum Gasteiger partial charge on any atom is -0.382 e. The van der Waals surface area contributed by atoms with E-state index in [0.717, 1.165) is 32.6 Å². The third-order valence-electron chi connectivity index (χ3n) is 2.77. The van der Waals surface area contributed by atoms with Crippen LogP contribution < -0.4 is 5.32 Å². The number of ether oxygens (including phenoxy) is 1. The van der Waals surface area contributed by atoms with E-state index < -0.39 is 0 Å². The van der Waals surface area contributed by atoms with E-state index in [4.69, 9.17) is 16.3 Å². The second kappa shape index (κ2) is 5.51. The molecule has 1 aromatic rings. The van der Waals surface area contributed by atoms with Crippen LogP contribution in [0.25, 0.3) is 0 Å². The second-order valence-corrected chi connectivity index (χ2v) is 4.52. The van der Waals surface area contributed by atoms with Crippen molar-refractivity contribution in [3.63, 3.8) is 0 Å². The third kappa shape index (κ3) is 3.09. The molecular weight excluding hydrogens is 229 g/mol. The van der Waals surface area contributed by atoms with E-state index in [-0.39, 0.29) is 5.82 Å². The van der Waals surface area contributed by atoms with Crippen LogP contribution in [0, 0.1) is 11.7 Å². The molecule has 88 valence electrons. The fourth-order valence-electron chi connectivity index (χ4n) is 1.86. The van der Waals surface area contributed by atoms with Crippen LogP contribution in [0.1, 0.15) is 12.8 Å². The lowest BCUT2D eigenvalue weighted by atomic mass is 10.0. The Labute approximate surface area is 99.7 Å². The maximum atomic E-state index is 13.4. The van der Waals surface area contributed by atoms with Crippen molar-refractivity contribution in [1.82, 2.24) is 0 Å². The number of nitrogens with one attached hydrogen (secondary N) is 1. The smallest absolute Gasteiger partial charge is 0.147 e. The first-order valence-corrected chi connectivity index (χ1v) is 5.90. The molecule has 0 amide bonds. The zero-order valence-electron chi connectivity index (χ0n) is 9.01. The topological polar surface area (TPSA) is 21.3 Å². The normalized spacial score (nSPS) is 20.8. The standard InChI is InChI=1S/C12H15ClFNO/c13-10-3-4-12(11(14)6-10)15-7-9-2-1-5-16-8-9/h3-4,6,9,15H,1-2,5,7-8H2. The highest BCUT2D eigenvalue weighted by molar-refractivity contribution is 6.30. The van der Waals surface area contributed by atoms with Gasteiger partial charge in [-0.25, -0.2) is 4.39 Å². The molecule has 0 saturated carbocycles. The lowest BCUT2D eigenvalue weighted by Gasteiger charge is -2.22. The quantitative estimate of drug-likeness (QED) is 0.880. The Bertz CT molecular complexity index is 353. The number of hydrogen-bond acceptors (Lipinski definition) is 2. The molecule has 0 aromatic heterocycles. The predicted octanol–water partition coefficient (Wildman–Crippen LogP) is 3.32. The third-order valence-corrected chi connectivity index (χ3v) is 3.00. The molecular formula is C12H15ClFNO. The van der Waals surface area contributed by atoms with Gasteiger partial charge < -0.3 is 10.1 Å². The summed E-state index contributed by atoms with van der Waals surface area (Å²) in [6.07, 6.45) is 2.23. The van der Waals surface area contributed by atoms with Gasteiger partial charge in [-0.05, 0) is 37.0 Å². The Morgan fingerprint density at radius 2 is 2.38 bits per heavy atom. The maximum Gasteiger partial charge on any atom is 0.147 e. The Hall–Kier alpha value is -0.800. The van der Waals surface area contributed by atoms with Crippen LogP contribution in [0.3, 0.4) is 0 Å². The van der Waals surface area contributed by atoms with Crippen molar-refractivity contribution in [1.29, 1.82) is 0 Å². The highest BCUT2D eigenvalue weighted by Crippen LogP contribution is 2.20. The van der Waals surface area contributed by atoms with Gasteiger partial charge in [0.25, 0.3) is 0 Å². The molecule has 1 N–H and O–H groups in total. The van der Waals surface area contributed by atoms with Crippen molar-refractivity contribution in [3.05, 3.63) is 29.0 Å². The number of benzene rings is 1. The lowest BCUT2D eigenvalue weighted by molar-refractivity contribution is 0.0595. The Kier molecular flexibility index (Phi) is 4.02. The summed E-state index contributed by atoms with van der Waals surface area (Å²) in [6, 6.07) is 4.67. The van der Waals surface area contributed by atoms with Crippen LogP contribution in [0.4, 0.5) is 10.1 Å². The van der Waals surface area contributed by atoms with Crippen molar-refractivity contribution in [2.75, 3.05) is 25.1 Å². The van der Waals surface area contributed by atoms with Crippen LogP contribution in [-0.2, 0) is 4.74 Å². The monoisotopic (exact) mass is 243 g/mol. The minimum atomic E-state index is -0.302. The van der Waals surface area contributed by atoms with Gasteiger partial charge in [-0.2, -0.15) is 0 Å². The maximum absolute atomic E-state index is 13.4. The predicted molar refractivity (Wildman–Crippen MR) is 63.4 cm³/mol. The van der Waals surface area contributed by atoms with Crippen molar-refractivity contribution < 1.29 is 9.13 Å². The first kappa shape index (κ1) is 11.7. The number of halogens is 2. The van der Waals surface area contributed by atoms with E-state index in [1.807, 2.05) is 0 Å². The molecule has 4 heteroatoms. The fourth-order valence-corrected chi connectivity index (χ4v) is 2.01. The van der Waals surface area contributed by atoms with Crippen molar-refractivity contribution in [3.8, 4) is 0 Å². The number of hydrogen-bond donors (Lipinski definition) is 1. The lowest BCUT2D eigenvalue weighted by Crippen LogP contribution is -2.24. The largest absolute Gasteiger partial charge is 0.382 e. The van der Waals surface area contributed by atoms with E-state index in [2.05, 4.69) is 5.32 Å². The van der Waals surface area contributed by atoms with Crippen LogP contribution in [0.2, 0.25) is 5.02 Å². The molecule has 0 radical (unpaired) electrons. The first-order valence-electron chi connectivity index (χ1n) is 5.52. The average molecular weight is 244 g/mol. The highest BCUT2D eigenvalue weighted by atomic mass is 35.5. The average Bonchev–Trinajstić information content (AvgIpc) is 2.29. The number of anilines is 1. The van der Waals surface area contributed by atoms with Crippen LogP contribution in [0.15, 0.2) is 18.2 Å². The molecule has 16 heavy (non-hydrogen) atoms. The molecule has 0 aliphatic carbocycles. The molecule has 0 spiro atoms. The SMILES string of the molecule is Fc1cc(Cl)ccc1NCC1CCCOC1. The molecule has 1 fully saturated rings. The Balaban J connectivity index is 1.88. The molecule has 1 aliphatic heterocycles. The van der Waals surface area contributed by atoms with Crippen molar-refractivity contribution in [2.45, 2.75) is 12.8 Å². The minimum absolute atomic E-state index is 0.302. The molecule has 1 aliphatic rings. The number of rotatable bonds is 3. The van der Waals surface area contributed by atoms with Crippen molar-refractivity contribution in [2.24, 2.45) is 5.92 Å². The first-order chi connectivity index (χ1) is 7.75. The van der Waals surface area contributed by atoms with Crippen LogP contribution in [-0.4, -0.2) is 19.8 Å². The molecule has 1 atom stereocenters. The summed E-state index contributed by atoms with van der Waals surface area (Å²) < 4.78 is 18.8. The summed E-state index contributed by atoms with van der Waals surface area (Å²) >= 11 is 5.68. The molecule has 1 aromatic carbocycles. The van der Waals surface area contributed by atoms with Gasteiger partial charge in [0.05, 0.1) is 12.3 Å². The Morgan fingerprint density at radius 3 is 3.06 bits per heavy atom. The van der Waals surface area contributed by atoms with Crippen molar-refractivity contribution >= 4 is 17.3 Å². The van der Waals surface area contributed by atoms with Crippen LogP contribution in [0.5, 0.6) is 0 Å². The summed E-state index contributed by atoms with van der Waals surface area (Å²) in [6.45, 7) is 2.37. The van der Waals surface area contributed by atoms with Gasteiger partial charge in [-0.1, -0.05) is 11.6 Å². The summed E-state index contributed by atoms with van der Waals surface area (Å²) in [5.41, 5.74) is 0.509. The van der Waals surface area contributed by atoms with E-state index >= 15 is 0 Å². The molecule has 2 rings (SSSR count). The summed E-state index contributed by atoms with van der Waals surface area (Å²) in [7, 11) is 0. The molecule has 0 bridgehead atoms. The van der Waals surface area contributed by atoms with E-state index in [9.17, 15) is 4.39 Å². The van der Waals surface area contributed by atoms with Crippen LogP contribution >= 0.6 is 11.6 Å². The molecule has 1 unspecified atom stereocenters. The zero-order chi connectivity index (χ0) is 11.4. The Morgan fingerprint density at radius 1 is 1.50 bits per heavy atom. The summed E-state index contributed by atoms with van der Waals surface area (Å²) in [5, 5.41) is 3.52. The van der Waals surface area contributed by atoms with Gasteiger partial charge in [0, 0.05) is 18.2 Å². The fraction of sp³-hybridized carbons (Fsp3) is 0.500. The molecule has 1 saturated heterocycles. The van der Waals surface area contributed by atoms with Gasteiger partial charge in [0.15, 0.2) is 0 Å². The van der Waals surface area contributed by atoms with Gasteiger partial charge in [0.1, 0.15) is 5.82 Å². The van der Waals surface area contributed by atoms with Gasteiger partial charge in [0.2, 0.25) is 0 Å². The molecule has 2 nitrogen and oxygen atoms in total.